The first-order valence-corrected chi connectivity index (χ1v) is 6.74. The Labute approximate surface area is 105 Å². The third kappa shape index (κ3) is 3.44. The van der Waals surface area contributed by atoms with Gasteiger partial charge in [-0.2, -0.15) is 0 Å². The maximum atomic E-state index is 3.63. The lowest BCUT2D eigenvalue weighted by Crippen LogP contribution is -2.20. The average Bonchev–Trinajstić information content (AvgIpc) is 2.82. The van der Waals surface area contributed by atoms with Crippen molar-refractivity contribution in [2.24, 2.45) is 0 Å². The number of hydrogen-bond acceptors (Lipinski definition) is 1. The highest BCUT2D eigenvalue weighted by Crippen LogP contribution is 2.21. The van der Waals surface area contributed by atoms with E-state index in [9.17, 15) is 0 Å². The molecule has 2 rings (SSSR count). The van der Waals surface area contributed by atoms with Crippen LogP contribution < -0.4 is 5.32 Å². The van der Waals surface area contributed by atoms with Gasteiger partial charge >= 0.3 is 0 Å². The molecule has 1 nitrogen and oxygen atoms in total. The maximum absolute atomic E-state index is 3.63. The van der Waals surface area contributed by atoms with Crippen molar-refractivity contribution in [2.75, 3.05) is 6.54 Å². The molecule has 1 aromatic rings. The summed E-state index contributed by atoms with van der Waals surface area (Å²) in [6.45, 7) is 5.54. The fraction of sp³-hybridized carbons (Fsp3) is 0.500. The molecular weight excluding hydrogens is 206 g/mol. The number of hydrogen-bond donors (Lipinski definition) is 1. The third-order valence-corrected chi connectivity index (χ3v) is 3.69. The highest BCUT2D eigenvalue weighted by atomic mass is 14.9. The molecule has 1 N–H and O–H groups in total. The molecule has 1 aliphatic carbocycles. The minimum atomic E-state index is 0.457. The second-order valence-corrected chi connectivity index (χ2v) is 5.04. The third-order valence-electron chi connectivity index (χ3n) is 3.69. The van der Waals surface area contributed by atoms with Crippen LogP contribution in [0.3, 0.4) is 0 Å². The SMILES string of the molecule is Cc1ccccc1C(C)NCCC1=CCCC1. The highest BCUT2D eigenvalue weighted by molar-refractivity contribution is 5.28. The maximum Gasteiger partial charge on any atom is 0.0294 e. The van der Waals surface area contributed by atoms with Crippen molar-refractivity contribution in [1.82, 2.24) is 5.32 Å². The van der Waals surface area contributed by atoms with Crippen LogP contribution in [0.2, 0.25) is 0 Å². The predicted molar refractivity (Wildman–Crippen MR) is 74.1 cm³/mol. The number of allylic oxidation sites excluding steroid dienone is 1. The molecule has 0 aliphatic heterocycles. The summed E-state index contributed by atoms with van der Waals surface area (Å²) in [7, 11) is 0. The zero-order valence-electron chi connectivity index (χ0n) is 11.0. The fourth-order valence-corrected chi connectivity index (χ4v) is 2.60. The lowest BCUT2D eigenvalue weighted by molar-refractivity contribution is 0.570. The van der Waals surface area contributed by atoms with Crippen LogP contribution in [-0.4, -0.2) is 6.54 Å². The Morgan fingerprint density at radius 1 is 1.29 bits per heavy atom. The molecule has 1 heteroatoms. The molecule has 0 fully saturated rings. The Morgan fingerprint density at radius 2 is 2.12 bits per heavy atom. The molecule has 0 saturated carbocycles. The molecule has 92 valence electrons. The molecule has 0 aromatic heterocycles. The summed E-state index contributed by atoms with van der Waals surface area (Å²) in [4.78, 5) is 0. The normalized spacial score (nSPS) is 16.9. The smallest absolute Gasteiger partial charge is 0.0294 e. The van der Waals surface area contributed by atoms with Crippen molar-refractivity contribution >= 4 is 0 Å². The van der Waals surface area contributed by atoms with Crippen LogP contribution in [0, 0.1) is 6.92 Å². The summed E-state index contributed by atoms with van der Waals surface area (Å²) < 4.78 is 0. The van der Waals surface area contributed by atoms with Crippen molar-refractivity contribution < 1.29 is 0 Å². The minimum absolute atomic E-state index is 0.457. The number of nitrogens with one attached hydrogen (secondary N) is 1. The van der Waals surface area contributed by atoms with E-state index in [-0.39, 0.29) is 0 Å². The molecule has 0 spiro atoms. The van der Waals surface area contributed by atoms with E-state index < -0.39 is 0 Å². The number of benzene rings is 1. The molecule has 0 bridgehead atoms. The Bertz CT molecular complexity index is 392. The summed E-state index contributed by atoms with van der Waals surface area (Å²) >= 11 is 0. The van der Waals surface area contributed by atoms with Crippen LogP contribution in [0.25, 0.3) is 0 Å². The lowest BCUT2D eigenvalue weighted by Gasteiger charge is -2.16. The van der Waals surface area contributed by atoms with Gasteiger partial charge in [0.2, 0.25) is 0 Å². The van der Waals surface area contributed by atoms with E-state index in [4.69, 9.17) is 0 Å². The van der Waals surface area contributed by atoms with Crippen LogP contribution in [0.15, 0.2) is 35.9 Å². The van der Waals surface area contributed by atoms with Gasteiger partial charge in [0.05, 0.1) is 0 Å². The van der Waals surface area contributed by atoms with E-state index in [1.165, 1.54) is 36.8 Å². The summed E-state index contributed by atoms with van der Waals surface area (Å²) in [6, 6.07) is 9.10. The van der Waals surface area contributed by atoms with E-state index in [0.29, 0.717) is 6.04 Å². The van der Waals surface area contributed by atoms with Crippen molar-refractivity contribution in [3.05, 3.63) is 47.0 Å². The minimum Gasteiger partial charge on any atom is -0.310 e. The largest absolute Gasteiger partial charge is 0.310 e. The van der Waals surface area contributed by atoms with Gasteiger partial charge in [0.15, 0.2) is 0 Å². The molecule has 0 amide bonds. The van der Waals surface area contributed by atoms with E-state index in [1.807, 2.05) is 0 Å². The second kappa shape index (κ2) is 6.02. The summed E-state index contributed by atoms with van der Waals surface area (Å²) in [5.41, 5.74) is 4.45. The topological polar surface area (TPSA) is 12.0 Å². The zero-order chi connectivity index (χ0) is 12.1. The van der Waals surface area contributed by atoms with E-state index >= 15 is 0 Å². The van der Waals surface area contributed by atoms with Crippen LogP contribution in [-0.2, 0) is 0 Å². The molecular formula is C16H23N. The van der Waals surface area contributed by atoms with Gasteiger partial charge in [0.25, 0.3) is 0 Å². The second-order valence-electron chi connectivity index (χ2n) is 5.04. The molecule has 0 heterocycles. The van der Waals surface area contributed by atoms with E-state index in [1.54, 1.807) is 5.57 Å². The highest BCUT2D eigenvalue weighted by Gasteiger charge is 2.08. The fourth-order valence-electron chi connectivity index (χ4n) is 2.60. The number of aryl methyl sites for hydroxylation is 1. The van der Waals surface area contributed by atoms with Crippen molar-refractivity contribution in [3.8, 4) is 0 Å². The summed E-state index contributed by atoms with van der Waals surface area (Å²) in [5, 5.41) is 3.63. The van der Waals surface area contributed by atoms with Gasteiger partial charge in [0.1, 0.15) is 0 Å². The van der Waals surface area contributed by atoms with E-state index in [0.717, 1.165) is 6.54 Å². The Hall–Kier alpha value is -1.08. The zero-order valence-corrected chi connectivity index (χ0v) is 11.0. The van der Waals surface area contributed by atoms with Crippen LogP contribution in [0.4, 0.5) is 0 Å². The molecule has 1 unspecified atom stereocenters. The Morgan fingerprint density at radius 3 is 2.82 bits per heavy atom. The van der Waals surface area contributed by atoms with Crippen LogP contribution in [0.1, 0.15) is 49.8 Å². The molecule has 1 atom stereocenters. The van der Waals surface area contributed by atoms with E-state index in [2.05, 4.69) is 49.5 Å². The summed E-state index contributed by atoms with van der Waals surface area (Å²) in [6.07, 6.45) is 7.61. The van der Waals surface area contributed by atoms with Gasteiger partial charge in [0, 0.05) is 6.04 Å². The quantitative estimate of drug-likeness (QED) is 0.748. The van der Waals surface area contributed by atoms with Crippen molar-refractivity contribution in [2.45, 2.75) is 45.6 Å². The average molecular weight is 229 g/mol. The van der Waals surface area contributed by atoms with Crippen LogP contribution >= 0.6 is 0 Å². The van der Waals surface area contributed by atoms with Crippen molar-refractivity contribution in [1.29, 1.82) is 0 Å². The van der Waals surface area contributed by atoms with Gasteiger partial charge in [-0.3, -0.25) is 0 Å². The van der Waals surface area contributed by atoms with Gasteiger partial charge in [-0.25, -0.2) is 0 Å². The molecule has 1 aliphatic rings. The first-order chi connectivity index (χ1) is 8.27. The monoisotopic (exact) mass is 229 g/mol. The van der Waals surface area contributed by atoms with Gasteiger partial charge < -0.3 is 5.32 Å². The Balaban J connectivity index is 1.81. The van der Waals surface area contributed by atoms with Crippen molar-refractivity contribution in [3.63, 3.8) is 0 Å². The lowest BCUT2D eigenvalue weighted by atomic mass is 10.0. The first kappa shape index (κ1) is 12.4. The van der Waals surface area contributed by atoms with Gasteiger partial charge in [-0.05, 0) is 57.2 Å². The predicted octanol–water partition coefficient (Wildman–Crippen LogP) is 4.15. The van der Waals surface area contributed by atoms with Gasteiger partial charge in [-0.1, -0.05) is 35.9 Å². The van der Waals surface area contributed by atoms with Crippen LogP contribution in [0.5, 0.6) is 0 Å². The molecule has 17 heavy (non-hydrogen) atoms. The molecule has 0 radical (unpaired) electrons. The number of rotatable bonds is 5. The molecule has 1 aromatic carbocycles. The Kier molecular flexibility index (Phi) is 4.38. The first-order valence-electron chi connectivity index (χ1n) is 6.74. The van der Waals surface area contributed by atoms with Gasteiger partial charge in [-0.15, -0.1) is 0 Å². The standard InChI is InChI=1S/C16H23N/c1-13-7-3-6-10-16(13)14(2)17-12-11-15-8-4-5-9-15/h3,6-8,10,14,17H,4-5,9,11-12H2,1-2H3. The summed E-state index contributed by atoms with van der Waals surface area (Å²) in [5.74, 6) is 0. The molecule has 0 saturated heterocycles.